The van der Waals surface area contributed by atoms with Gasteiger partial charge in [-0.25, -0.2) is 4.99 Å². The van der Waals surface area contributed by atoms with Gasteiger partial charge in [0.25, 0.3) is 0 Å². The van der Waals surface area contributed by atoms with E-state index in [1.807, 2.05) is 11.3 Å². The van der Waals surface area contributed by atoms with Crippen LogP contribution in [0.15, 0.2) is 17.1 Å². The highest BCUT2D eigenvalue weighted by Gasteiger charge is 2.18. The van der Waals surface area contributed by atoms with Gasteiger partial charge in [0.05, 0.1) is 6.54 Å². The molecule has 0 amide bonds. The Hall–Kier alpha value is -0.340. The van der Waals surface area contributed by atoms with Crippen molar-refractivity contribution in [3.63, 3.8) is 0 Å². The van der Waals surface area contributed by atoms with Crippen molar-refractivity contribution in [1.29, 1.82) is 0 Å². The van der Waals surface area contributed by atoms with Crippen molar-refractivity contribution in [3.8, 4) is 0 Å². The molecule has 2 N–H and O–H groups in total. The molecule has 1 aromatic heterocycles. The molecule has 1 saturated heterocycles. The number of likely N-dealkylation sites (tertiary alicyclic amines) is 1. The van der Waals surface area contributed by atoms with Crippen LogP contribution in [0.2, 0.25) is 0 Å². The SMILES string of the molecule is CCCN1CCC(CNC(=NCc2ccc(CC)s2)NCC)CC1.I. The van der Waals surface area contributed by atoms with E-state index in [0.29, 0.717) is 0 Å². The molecule has 0 radical (unpaired) electrons. The zero-order chi connectivity index (χ0) is 17.2. The van der Waals surface area contributed by atoms with Crippen LogP contribution in [-0.4, -0.2) is 43.6 Å². The van der Waals surface area contributed by atoms with Gasteiger partial charge in [0, 0.05) is 22.8 Å². The Bertz CT molecular complexity index is 495. The summed E-state index contributed by atoms with van der Waals surface area (Å²) in [6.07, 6.45) is 4.99. The number of thiophene rings is 1. The van der Waals surface area contributed by atoms with Gasteiger partial charge in [-0.15, -0.1) is 35.3 Å². The first-order chi connectivity index (χ1) is 11.7. The van der Waals surface area contributed by atoms with Crippen LogP contribution in [0.4, 0.5) is 0 Å². The Morgan fingerprint density at radius 1 is 1.16 bits per heavy atom. The zero-order valence-corrected chi connectivity index (χ0v) is 19.2. The average molecular weight is 478 g/mol. The maximum atomic E-state index is 4.75. The Balaban J connectivity index is 0.00000312. The highest BCUT2D eigenvalue weighted by molar-refractivity contribution is 14.0. The summed E-state index contributed by atoms with van der Waals surface area (Å²) in [5.74, 6) is 1.73. The second-order valence-electron chi connectivity index (χ2n) is 6.58. The molecule has 144 valence electrons. The van der Waals surface area contributed by atoms with E-state index < -0.39 is 0 Å². The maximum Gasteiger partial charge on any atom is 0.191 e. The van der Waals surface area contributed by atoms with Crippen LogP contribution in [0.25, 0.3) is 0 Å². The Morgan fingerprint density at radius 2 is 1.88 bits per heavy atom. The molecule has 0 unspecified atom stereocenters. The molecule has 2 heterocycles. The number of aliphatic imine (C=N–C) groups is 1. The largest absolute Gasteiger partial charge is 0.357 e. The third-order valence-corrected chi connectivity index (χ3v) is 5.82. The standard InChI is InChI=1S/C19H34N4S.HI/c1-4-11-23-12-9-16(10-13-23)14-21-19(20-6-3)22-15-18-8-7-17(5-2)24-18;/h7-8,16H,4-6,9-15H2,1-3H3,(H2,20,21,22);1H. The third-order valence-electron chi connectivity index (χ3n) is 4.61. The number of halogens is 1. The number of hydrogen-bond donors (Lipinski definition) is 2. The number of piperidine rings is 1. The van der Waals surface area contributed by atoms with Crippen molar-refractivity contribution < 1.29 is 0 Å². The molecule has 1 aromatic rings. The van der Waals surface area contributed by atoms with Crippen LogP contribution in [0.5, 0.6) is 0 Å². The van der Waals surface area contributed by atoms with Crippen LogP contribution < -0.4 is 10.6 Å². The normalized spacial score (nSPS) is 16.5. The van der Waals surface area contributed by atoms with Crippen molar-refractivity contribution in [3.05, 3.63) is 21.9 Å². The van der Waals surface area contributed by atoms with E-state index in [1.165, 1.54) is 48.7 Å². The molecule has 0 atom stereocenters. The average Bonchev–Trinajstić information content (AvgIpc) is 3.07. The highest BCUT2D eigenvalue weighted by atomic mass is 127. The molecule has 2 rings (SSSR count). The minimum atomic E-state index is 0. The first kappa shape index (κ1) is 22.7. The predicted molar refractivity (Wildman–Crippen MR) is 121 cm³/mol. The van der Waals surface area contributed by atoms with Crippen molar-refractivity contribution in [2.45, 2.75) is 53.0 Å². The van der Waals surface area contributed by atoms with Crippen LogP contribution in [0, 0.1) is 5.92 Å². The summed E-state index contributed by atoms with van der Waals surface area (Å²) >= 11 is 1.88. The minimum Gasteiger partial charge on any atom is -0.357 e. The number of guanidine groups is 1. The molecular weight excluding hydrogens is 443 g/mol. The molecular formula is C19H35IN4S. The van der Waals surface area contributed by atoms with E-state index in [1.54, 1.807) is 0 Å². The molecule has 1 fully saturated rings. The van der Waals surface area contributed by atoms with E-state index >= 15 is 0 Å². The van der Waals surface area contributed by atoms with Gasteiger partial charge in [-0.1, -0.05) is 13.8 Å². The smallest absolute Gasteiger partial charge is 0.191 e. The Morgan fingerprint density at radius 3 is 2.48 bits per heavy atom. The summed E-state index contributed by atoms with van der Waals surface area (Å²) in [6, 6.07) is 4.43. The first-order valence-electron chi connectivity index (χ1n) is 9.57. The quantitative estimate of drug-likeness (QED) is 0.336. The van der Waals surface area contributed by atoms with E-state index in [9.17, 15) is 0 Å². The summed E-state index contributed by atoms with van der Waals surface area (Å²) in [5.41, 5.74) is 0. The molecule has 0 saturated carbocycles. The van der Waals surface area contributed by atoms with Gasteiger partial charge in [-0.2, -0.15) is 0 Å². The predicted octanol–water partition coefficient (Wildman–Crippen LogP) is 4.11. The van der Waals surface area contributed by atoms with Gasteiger partial charge in [0.15, 0.2) is 5.96 Å². The van der Waals surface area contributed by atoms with Gasteiger partial charge in [-0.05, 0) is 70.3 Å². The lowest BCUT2D eigenvalue weighted by Gasteiger charge is -2.32. The van der Waals surface area contributed by atoms with Crippen LogP contribution in [0.1, 0.15) is 49.8 Å². The first-order valence-corrected chi connectivity index (χ1v) is 10.4. The summed E-state index contributed by atoms with van der Waals surface area (Å²) < 4.78 is 0. The van der Waals surface area contributed by atoms with E-state index in [0.717, 1.165) is 37.9 Å². The lowest BCUT2D eigenvalue weighted by Crippen LogP contribution is -2.43. The summed E-state index contributed by atoms with van der Waals surface area (Å²) in [5, 5.41) is 6.93. The lowest BCUT2D eigenvalue weighted by atomic mass is 9.97. The summed E-state index contributed by atoms with van der Waals surface area (Å²) in [6.45, 7) is 13.1. The molecule has 1 aliphatic heterocycles. The number of nitrogens with one attached hydrogen (secondary N) is 2. The summed E-state index contributed by atoms with van der Waals surface area (Å²) in [4.78, 5) is 10.1. The molecule has 6 heteroatoms. The minimum absolute atomic E-state index is 0. The molecule has 0 aromatic carbocycles. The van der Waals surface area contributed by atoms with Crippen molar-refractivity contribution in [2.24, 2.45) is 10.9 Å². The summed E-state index contributed by atoms with van der Waals surface area (Å²) in [7, 11) is 0. The Kier molecular flexibility index (Phi) is 11.7. The highest BCUT2D eigenvalue weighted by Crippen LogP contribution is 2.18. The molecule has 0 bridgehead atoms. The molecule has 4 nitrogen and oxygen atoms in total. The molecule has 25 heavy (non-hydrogen) atoms. The topological polar surface area (TPSA) is 39.7 Å². The van der Waals surface area contributed by atoms with E-state index in [4.69, 9.17) is 4.99 Å². The third kappa shape index (κ3) is 8.26. The molecule has 0 aliphatic carbocycles. The van der Waals surface area contributed by atoms with Crippen molar-refractivity contribution in [2.75, 3.05) is 32.7 Å². The fourth-order valence-electron chi connectivity index (χ4n) is 3.17. The number of aryl methyl sites for hydroxylation is 1. The fraction of sp³-hybridized carbons (Fsp3) is 0.737. The van der Waals surface area contributed by atoms with Gasteiger partial charge < -0.3 is 15.5 Å². The lowest BCUT2D eigenvalue weighted by molar-refractivity contribution is 0.185. The van der Waals surface area contributed by atoms with Crippen molar-refractivity contribution >= 4 is 41.3 Å². The monoisotopic (exact) mass is 478 g/mol. The Labute approximate surface area is 174 Å². The number of hydrogen-bond acceptors (Lipinski definition) is 3. The number of nitrogens with zero attached hydrogens (tertiary/aromatic N) is 2. The van der Waals surface area contributed by atoms with Gasteiger partial charge in [0.1, 0.15) is 0 Å². The van der Waals surface area contributed by atoms with E-state index in [-0.39, 0.29) is 24.0 Å². The zero-order valence-electron chi connectivity index (χ0n) is 16.0. The van der Waals surface area contributed by atoms with Gasteiger partial charge >= 0.3 is 0 Å². The van der Waals surface area contributed by atoms with Crippen LogP contribution in [0.3, 0.4) is 0 Å². The van der Waals surface area contributed by atoms with Gasteiger partial charge in [0.2, 0.25) is 0 Å². The second-order valence-corrected chi connectivity index (χ2v) is 7.84. The number of rotatable bonds is 8. The van der Waals surface area contributed by atoms with Crippen LogP contribution in [-0.2, 0) is 13.0 Å². The van der Waals surface area contributed by atoms with Crippen LogP contribution >= 0.6 is 35.3 Å². The fourth-order valence-corrected chi connectivity index (χ4v) is 4.05. The van der Waals surface area contributed by atoms with E-state index in [2.05, 4.69) is 48.4 Å². The molecule has 0 spiro atoms. The second kappa shape index (κ2) is 12.9. The maximum absolute atomic E-state index is 4.75. The van der Waals surface area contributed by atoms with Gasteiger partial charge in [-0.3, -0.25) is 0 Å². The molecule has 1 aliphatic rings. The van der Waals surface area contributed by atoms with Crippen molar-refractivity contribution in [1.82, 2.24) is 15.5 Å².